The number of hydrogen-bond donors (Lipinski definition) is 1. The van der Waals surface area contributed by atoms with E-state index >= 15 is 0 Å². The first-order valence-electron chi connectivity index (χ1n) is 6.10. The van der Waals surface area contributed by atoms with E-state index in [1.165, 1.54) is 0 Å². The summed E-state index contributed by atoms with van der Waals surface area (Å²) in [6, 6.07) is 2.08. The van der Waals surface area contributed by atoms with E-state index in [4.69, 9.17) is 16.3 Å². The third kappa shape index (κ3) is 3.30. The third-order valence-corrected chi connectivity index (χ3v) is 3.12. The summed E-state index contributed by atoms with van der Waals surface area (Å²) in [6.45, 7) is 4.98. The van der Waals surface area contributed by atoms with Gasteiger partial charge in [-0.3, -0.25) is 0 Å². The largest absolute Gasteiger partial charge is 0.376 e. The maximum Gasteiger partial charge on any atom is 0.134 e. The van der Waals surface area contributed by atoms with Crippen LogP contribution in [-0.2, 0) is 11.2 Å². The fraction of sp³-hybridized carbons (Fsp3) is 0.667. The van der Waals surface area contributed by atoms with Crippen molar-refractivity contribution in [3.8, 4) is 0 Å². The molecule has 4 nitrogen and oxygen atoms in total. The fourth-order valence-electron chi connectivity index (χ4n) is 1.99. The molecule has 2 rings (SSSR count). The van der Waals surface area contributed by atoms with Crippen molar-refractivity contribution in [1.29, 1.82) is 0 Å². The molecule has 1 aromatic heterocycles. The second kappa shape index (κ2) is 5.65. The standard InChI is InChI=1S/C12H18ClN3O/c1-3-4-11-15-10(13)7-12(16-11)14-9-5-6-17-8(9)2/h7-9H,3-6H2,1-2H3,(H,14,15,16). The van der Waals surface area contributed by atoms with Crippen molar-refractivity contribution in [2.24, 2.45) is 0 Å². The Morgan fingerprint density at radius 1 is 1.53 bits per heavy atom. The van der Waals surface area contributed by atoms with Crippen molar-refractivity contribution < 1.29 is 4.74 Å². The Balaban J connectivity index is 2.09. The number of nitrogens with one attached hydrogen (secondary N) is 1. The van der Waals surface area contributed by atoms with Crippen LogP contribution in [0.15, 0.2) is 6.07 Å². The van der Waals surface area contributed by atoms with Gasteiger partial charge in [0.05, 0.1) is 12.1 Å². The highest BCUT2D eigenvalue weighted by Gasteiger charge is 2.24. The molecule has 2 atom stereocenters. The smallest absolute Gasteiger partial charge is 0.134 e. The molecule has 1 aromatic rings. The van der Waals surface area contributed by atoms with Crippen LogP contribution in [0.25, 0.3) is 0 Å². The van der Waals surface area contributed by atoms with Crippen LogP contribution in [0.1, 0.15) is 32.5 Å². The third-order valence-electron chi connectivity index (χ3n) is 2.92. The highest BCUT2D eigenvalue weighted by atomic mass is 35.5. The van der Waals surface area contributed by atoms with E-state index in [9.17, 15) is 0 Å². The Kier molecular flexibility index (Phi) is 4.18. The molecular weight excluding hydrogens is 238 g/mol. The van der Waals surface area contributed by atoms with Crippen molar-refractivity contribution in [3.05, 3.63) is 17.0 Å². The van der Waals surface area contributed by atoms with Gasteiger partial charge in [0.15, 0.2) is 0 Å². The topological polar surface area (TPSA) is 47.0 Å². The Morgan fingerprint density at radius 3 is 3.00 bits per heavy atom. The normalized spacial score (nSPS) is 23.9. The molecule has 2 heterocycles. The molecule has 17 heavy (non-hydrogen) atoms. The van der Waals surface area contributed by atoms with Crippen molar-refractivity contribution in [2.45, 2.75) is 45.3 Å². The highest BCUT2D eigenvalue weighted by Crippen LogP contribution is 2.19. The van der Waals surface area contributed by atoms with Gasteiger partial charge in [0.2, 0.25) is 0 Å². The lowest BCUT2D eigenvalue weighted by atomic mass is 10.1. The molecule has 1 fully saturated rings. The Morgan fingerprint density at radius 2 is 2.35 bits per heavy atom. The van der Waals surface area contributed by atoms with Crippen molar-refractivity contribution in [3.63, 3.8) is 0 Å². The van der Waals surface area contributed by atoms with Gasteiger partial charge in [-0.25, -0.2) is 9.97 Å². The summed E-state index contributed by atoms with van der Waals surface area (Å²) in [5, 5.41) is 3.87. The number of anilines is 1. The van der Waals surface area contributed by atoms with E-state index in [1.54, 1.807) is 6.07 Å². The molecule has 2 unspecified atom stereocenters. The van der Waals surface area contributed by atoms with E-state index in [0.29, 0.717) is 11.2 Å². The van der Waals surface area contributed by atoms with Gasteiger partial charge in [0.25, 0.3) is 0 Å². The monoisotopic (exact) mass is 255 g/mol. The maximum absolute atomic E-state index is 5.99. The summed E-state index contributed by atoms with van der Waals surface area (Å²) in [4.78, 5) is 8.66. The minimum absolute atomic E-state index is 0.221. The average Bonchev–Trinajstić information content (AvgIpc) is 2.64. The van der Waals surface area contributed by atoms with Gasteiger partial charge in [-0.15, -0.1) is 0 Å². The summed E-state index contributed by atoms with van der Waals surface area (Å²) in [6.07, 6.45) is 3.10. The lowest BCUT2D eigenvalue weighted by molar-refractivity contribution is 0.121. The quantitative estimate of drug-likeness (QED) is 0.841. The van der Waals surface area contributed by atoms with Crippen LogP contribution < -0.4 is 5.32 Å². The summed E-state index contributed by atoms with van der Waals surface area (Å²) in [5.41, 5.74) is 0. The molecular formula is C12H18ClN3O. The molecule has 0 bridgehead atoms. The van der Waals surface area contributed by atoms with E-state index in [-0.39, 0.29) is 6.10 Å². The first-order chi connectivity index (χ1) is 8.19. The number of ether oxygens (including phenoxy) is 1. The van der Waals surface area contributed by atoms with Crippen molar-refractivity contribution in [1.82, 2.24) is 9.97 Å². The Labute approximate surface area is 107 Å². The zero-order valence-electron chi connectivity index (χ0n) is 10.2. The second-order valence-electron chi connectivity index (χ2n) is 4.36. The van der Waals surface area contributed by atoms with E-state index in [1.807, 2.05) is 0 Å². The molecule has 0 aliphatic carbocycles. The zero-order valence-corrected chi connectivity index (χ0v) is 11.0. The van der Waals surface area contributed by atoms with Crippen LogP contribution in [0.3, 0.4) is 0 Å². The van der Waals surface area contributed by atoms with Gasteiger partial charge < -0.3 is 10.1 Å². The molecule has 0 saturated carbocycles. The molecule has 0 aromatic carbocycles. The van der Waals surface area contributed by atoms with Crippen LogP contribution in [-0.4, -0.2) is 28.7 Å². The molecule has 1 N–H and O–H groups in total. The van der Waals surface area contributed by atoms with Crippen LogP contribution in [0, 0.1) is 0 Å². The van der Waals surface area contributed by atoms with Gasteiger partial charge >= 0.3 is 0 Å². The summed E-state index contributed by atoms with van der Waals surface area (Å²) in [5.74, 6) is 1.60. The molecule has 0 radical (unpaired) electrons. The van der Waals surface area contributed by atoms with E-state index < -0.39 is 0 Å². The number of rotatable bonds is 4. The highest BCUT2D eigenvalue weighted by molar-refractivity contribution is 6.29. The SMILES string of the molecule is CCCc1nc(Cl)cc(NC2CCOC2C)n1. The average molecular weight is 256 g/mol. The first kappa shape index (κ1) is 12.6. The minimum atomic E-state index is 0.221. The lowest BCUT2D eigenvalue weighted by Crippen LogP contribution is -2.27. The van der Waals surface area contributed by atoms with E-state index in [2.05, 4.69) is 29.1 Å². The molecule has 0 spiro atoms. The molecule has 1 saturated heterocycles. The van der Waals surface area contributed by atoms with Crippen molar-refractivity contribution >= 4 is 17.4 Å². The van der Waals surface area contributed by atoms with Gasteiger partial charge in [0.1, 0.15) is 16.8 Å². The first-order valence-corrected chi connectivity index (χ1v) is 6.48. The summed E-state index contributed by atoms with van der Waals surface area (Å²) >= 11 is 5.99. The van der Waals surface area contributed by atoms with Crippen LogP contribution in [0.5, 0.6) is 0 Å². The lowest BCUT2D eigenvalue weighted by Gasteiger charge is -2.17. The van der Waals surface area contributed by atoms with Gasteiger partial charge in [-0.1, -0.05) is 18.5 Å². The number of aromatic nitrogens is 2. The molecule has 1 aliphatic rings. The van der Waals surface area contributed by atoms with Gasteiger partial charge in [-0.05, 0) is 19.8 Å². The predicted octanol–water partition coefficient (Wildman–Crippen LogP) is 2.67. The van der Waals surface area contributed by atoms with Crippen molar-refractivity contribution in [2.75, 3.05) is 11.9 Å². The van der Waals surface area contributed by atoms with E-state index in [0.717, 1.165) is 37.5 Å². The van der Waals surface area contributed by atoms with Gasteiger partial charge in [-0.2, -0.15) is 0 Å². The van der Waals surface area contributed by atoms with Crippen LogP contribution >= 0.6 is 11.6 Å². The zero-order chi connectivity index (χ0) is 12.3. The molecule has 1 aliphatic heterocycles. The molecule has 5 heteroatoms. The minimum Gasteiger partial charge on any atom is -0.376 e. The fourth-order valence-corrected chi connectivity index (χ4v) is 2.19. The maximum atomic E-state index is 5.99. The van der Waals surface area contributed by atoms with Crippen LogP contribution in [0.2, 0.25) is 5.15 Å². The Hall–Kier alpha value is -0.870. The number of hydrogen-bond acceptors (Lipinski definition) is 4. The molecule has 0 amide bonds. The Bertz CT molecular complexity index is 386. The van der Waals surface area contributed by atoms with Crippen LogP contribution in [0.4, 0.5) is 5.82 Å². The second-order valence-corrected chi connectivity index (χ2v) is 4.74. The molecule has 94 valence electrons. The predicted molar refractivity (Wildman–Crippen MR) is 68.5 cm³/mol. The number of aryl methyl sites for hydroxylation is 1. The summed E-state index contributed by atoms with van der Waals surface area (Å²) in [7, 11) is 0. The van der Waals surface area contributed by atoms with Gasteiger partial charge in [0, 0.05) is 19.1 Å². The number of nitrogens with zero attached hydrogens (tertiary/aromatic N) is 2. The number of halogens is 1. The summed E-state index contributed by atoms with van der Waals surface area (Å²) < 4.78 is 5.51.